The average Bonchev–Trinajstić information content (AvgIpc) is 2.96. The zero-order valence-electron chi connectivity index (χ0n) is 24.2. The first-order valence-electron chi connectivity index (χ1n) is 15.3. The molecule has 5 rings (SSSR count). The minimum Gasteiger partial charge on any atom is -0.398 e. The molecule has 1 aromatic rings. The summed E-state index contributed by atoms with van der Waals surface area (Å²) in [4.78, 5) is 7.99. The number of hydrogen-bond acceptors (Lipinski definition) is 7. The second-order valence-electron chi connectivity index (χ2n) is 11.5. The molecule has 7 heteroatoms. The van der Waals surface area contributed by atoms with Crippen LogP contribution in [0.3, 0.4) is 0 Å². The Hall–Kier alpha value is -2.22. The van der Waals surface area contributed by atoms with Crippen molar-refractivity contribution >= 4 is 5.70 Å². The van der Waals surface area contributed by atoms with Crippen molar-refractivity contribution in [2.75, 3.05) is 58.9 Å². The molecule has 3 fully saturated rings. The maximum absolute atomic E-state index is 6.46. The van der Waals surface area contributed by atoms with Crippen LogP contribution in [0.25, 0.3) is 5.70 Å². The van der Waals surface area contributed by atoms with E-state index in [-0.39, 0.29) is 0 Å². The van der Waals surface area contributed by atoms with Gasteiger partial charge in [-0.3, -0.25) is 4.90 Å². The summed E-state index contributed by atoms with van der Waals surface area (Å²) < 4.78 is 0. The van der Waals surface area contributed by atoms with Gasteiger partial charge >= 0.3 is 0 Å². The lowest BCUT2D eigenvalue weighted by atomic mass is 9.90. The molecule has 1 aromatic carbocycles. The van der Waals surface area contributed by atoms with Crippen molar-refractivity contribution in [3.05, 3.63) is 53.5 Å². The highest BCUT2D eigenvalue weighted by molar-refractivity contribution is 5.65. The molecular formula is C31H53N7. The van der Waals surface area contributed by atoms with Gasteiger partial charge in [0.05, 0.1) is 11.7 Å². The van der Waals surface area contributed by atoms with Crippen LogP contribution < -0.4 is 22.1 Å². The first kappa shape index (κ1) is 28.8. The van der Waals surface area contributed by atoms with Crippen LogP contribution in [0, 0.1) is 11.8 Å². The van der Waals surface area contributed by atoms with Crippen LogP contribution in [0.1, 0.15) is 58.4 Å². The lowest BCUT2D eigenvalue weighted by Crippen LogP contribution is -2.63. The Morgan fingerprint density at radius 1 is 1.03 bits per heavy atom. The third-order valence-electron chi connectivity index (χ3n) is 8.99. The number of likely N-dealkylation sites (tertiary alicyclic amines) is 1. The summed E-state index contributed by atoms with van der Waals surface area (Å²) in [6, 6.07) is 11.3. The molecule has 7 nitrogen and oxygen atoms in total. The summed E-state index contributed by atoms with van der Waals surface area (Å²) in [7, 11) is 0. The molecule has 0 radical (unpaired) electrons. The molecule has 0 aliphatic carbocycles. The van der Waals surface area contributed by atoms with Gasteiger partial charge < -0.3 is 31.9 Å². The summed E-state index contributed by atoms with van der Waals surface area (Å²) in [6.45, 7) is 16.8. The van der Waals surface area contributed by atoms with Gasteiger partial charge in [0.1, 0.15) is 5.82 Å². The predicted octanol–water partition coefficient (Wildman–Crippen LogP) is 3.22. The van der Waals surface area contributed by atoms with E-state index >= 15 is 0 Å². The molecule has 3 saturated heterocycles. The Morgan fingerprint density at radius 2 is 1.79 bits per heavy atom. The number of piperazine rings is 1. The fourth-order valence-electron chi connectivity index (χ4n) is 6.91. The van der Waals surface area contributed by atoms with E-state index in [1.54, 1.807) is 0 Å². The van der Waals surface area contributed by atoms with Gasteiger partial charge in [-0.05, 0) is 81.8 Å². The van der Waals surface area contributed by atoms with E-state index in [9.17, 15) is 0 Å². The van der Waals surface area contributed by atoms with Gasteiger partial charge in [0.15, 0.2) is 0 Å². The number of nitrogens with two attached hydrogens (primary N) is 2. The molecular weight excluding hydrogens is 470 g/mol. The van der Waals surface area contributed by atoms with Crippen LogP contribution in [-0.4, -0.2) is 85.7 Å². The second-order valence-corrected chi connectivity index (χ2v) is 11.5. The Bertz CT molecular complexity index is 908. The first-order valence-corrected chi connectivity index (χ1v) is 15.3. The molecule has 0 saturated carbocycles. The van der Waals surface area contributed by atoms with Gasteiger partial charge in [-0.15, -0.1) is 0 Å². The Kier molecular flexibility index (Phi) is 10.8. The maximum atomic E-state index is 6.46. The molecule has 3 atom stereocenters. The van der Waals surface area contributed by atoms with Crippen molar-refractivity contribution in [3.8, 4) is 0 Å². The van der Waals surface area contributed by atoms with Crippen LogP contribution >= 0.6 is 0 Å². The van der Waals surface area contributed by atoms with Crippen LogP contribution in [0.2, 0.25) is 0 Å². The predicted molar refractivity (Wildman–Crippen MR) is 160 cm³/mol. The molecule has 38 heavy (non-hydrogen) atoms. The second kappa shape index (κ2) is 14.2. The van der Waals surface area contributed by atoms with Gasteiger partial charge in [0.2, 0.25) is 0 Å². The van der Waals surface area contributed by atoms with Gasteiger partial charge in [0, 0.05) is 44.5 Å². The highest BCUT2D eigenvalue weighted by Crippen LogP contribution is 2.29. The number of hydrogen-bond donors (Lipinski definition) is 4. The summed E-state index contributed by atoms with van der Waals surface area (Å²) in [5.41, 5.74) is 15.7. The Balaban J connectivity index is 0.00000164. The molecule has 3 unspecified atom stereocenters. The SMILES string of the molecule is CC.CC1CN(CCCC2CCNCC2)CCC1N1CCN2C(/C=C(\N)c3ccccc3)=C(N)NCC2C1. The highest BCUT2D eigenvalue weighted by Gasteiger charge is 2.37. The summed E-state index contributed by atoms with van der Waals surface area (Å²) >= 11 is 0. The van der Waals surface area contributed by atoms with Crippen molar-refractivity contribution in [2.45, 2.75) is 65.0 Å². The van der Waals surface area contributed by atoms with E-state index in [1.807, 2.05) is 32.0 Å². The topological polar surface area (TPSA) is 85.8 Å². The Labute approximate surface area is 231 Å². The van der Waals surface area contributed by atoms with E-state index < -0.39 is 0 Å². The van der Waals surface area contributed by atoms with E-state index in [2.05, 4.69) is 50.5 Å². The molecule has 0 aromatic heterocycles. The van der Waals surface area contributed by atoms with Crippen molar-refractivity contribution in [3.63, 3.8) is 0 Å². The summed E-state index contributed by atoms with van der Waals surface area (Å²) in [5, 5.41) is 6.95. The maximum Gasteiger partial charge on any atom is 0.120 e. The van der Waals surface area contributed by atoms with Gasteiger partial charge in [0.25, 0.3) is 0 Å². The summed E-state index contributed by atoms with van der Waals surface area (Å²) in [5.74, 6) is 2.41. The van der Waals surface area contributed by atoms with Gasteiger partial charge in [-0.2, -0.15) is 0 Å². The summed E-state index contributed by atoms with van der Waals surface area (Å²) in [6.07, 6.45) is 8.87. The van der Waals surface area contributed by atoms with E-state index in [1.165, 1.54) is 64.8 Å². The minimum atomic E-state index is 0.427. The number of rotatable bonds is 7. The monoisotopic (exact) mass is 523 g/mol. The first-order chi connectivity index (χ1) is 18.6. The Morgan fingerprint density at radius 3 is 2.53 bits per heavy atom. The lowest BCUT2D eigenvalue weighted by Gasteiger charge is -2.51. The lowest BCUT2D eigenvalue weighted by molar-refractivity contribution is 0.0117. The number of nitrogens with one attached hydrogen (secondary N) is 2. The average molecular weight is 524 g/mol. The number of benzene rings is 1. The fourth-order valence-corrected chi connectivity index (χ4v) is 6.91. The quantitative estimate of drug-likeness (QED) is 0.437. The third-order valence-corrected chi connectivity index (χ3v) is 8.99. The number of piperidine rings is 2. The molecule has 0 spiro atoms. The molecule has 6 N–H and O–H groups in total. The molecule has 4 heterocycles. The largest absolute Gasteiger partial charge is 0.398 e. The van der Waals surface area contributed by atoms with Crippen molar-refractivity contribution in [2.24, 2.45) is 23.3 Å². The highest BCUT2D eigenvalue weighted by atomic mass is 15.3. The van der Waals surface area contributed by atoms with Crippen LogP contribution in [0.15, 0.2) is 47.9 Å². The zero-order chi connectivity index (χ0) is 26.9. The van der Waals surface area contributed by atoms with E-state index in [0.717, 1.165) is 60.8 Å². The van der Waals surface area contributed by atoms with Crippen LogP contribution in [0.4, 0.5) is 0 Å². The van der Waals surface area contributed by atoms with Crippen molar-refractivity contribution < 1.29 is 0 Å². The van der Waals surface area contributed by atoms with E-state index in [4.69, 9.17) is 11.5 Å². The van der Waals surface area contributed by atoms with Crippen LogP contribution in [0.5, 0.6) is 0 Å². The zero-order valence-corrected chi connectivity index (χ0v) is 24.2. The van der Waals surface area contributed by atoms with Crippen molar-refractivity contribution in [1.29, 1.82) is 0 Å². The molecule has 4 aliphatic heterocycles. The van der Waals surface area contributed by atoms with E-state index in [0.29, 0.717) is 12.1 Å². The normalized spacial score (nSPS) is 27.8. The molecule has 212 valence electrons. The molecule has 4 aliphatic rings. The number of allylic oxidation sites excluding steroid dienone is 1. The standard InChI is InChI=1S/C29H47N7.C2H6/c1-22-20-34(14-5-6-23-9-12-32-13-10-23)15-11-27(22)35-16-17-36-25(21-35)19-33-29(31)28(36)18-26(30)24-7-3-2-4-8-24;1-2/h2-4,7-8,18,22-23,25,27,32-33H,5-6,9-17,19-21,30-31H2,1H3;1-2H3/b26-18-;. The third kappa shape index (κ3) is 7.25. The molecule has 0 bridgehead atoms. The number of nitrogens with zero attached hydrogens (tertiary/aromatic N) is 3. The van der Waals surface area contributed by atoms with Gasteiger partial charge in [-0.1, -0.05) is 51.1 Å². The molecule has 0 amide bonds. The van der Waals surface area contributed by atoms with Crippen molar-refractivity contribution in [1.82, 2.24) is 25.3 Å². The number of fused-ring (bicyclic) bond motifs is 1. The van der Waals surface area contributed by atoms with Crippen LogP contribution in [-0.2, 0) is 0 Å². The van der Waals surface area contributed by atoms with Gasteiger partial charge in [-0.25, -0.2) is 0 Å². The smallest absolute Gasteiger partial charge is 0.120 e. The minimum absolute atomic E-state index is 0.427. The fraction of sp³-hybridized carbons (Fsp3) is 0.677.